The van der Waals surface area contributed by atoms with Crippen molar-refractivity contribution in [2.45, 2.75) is 71.6 Å². The Morgan fingerprint density at radius 3 is 2.14 bits per heavy atom. The van der Waals surface area contributed by atoms with Crippen LogP contribution in [0.1, 0.15) is 87.7 Å². The predicted octanol–water partition coefficient (Wildman–Crippen LogP) is 6.37. The Balaban J connectivity index is 2.18. The van der Waals surface area contributed by atoms with Crippen molar-refractivity contribution in [2.24, 2.45) is 0 Å². The molecule has 29 heavy (non-hydrogen) atoms. The molecule has 0 atom stereocenters. The monoisotopic (exact) mass is 398 g/mol. The highest BCUT2D eigenvalue weighted by molar-refractivity contribution is 6.11. The quantitative estimate of drug-likeness (QED) is 0.361. The van der Waals surface area contributed by atoms with Crippen LogP contribution < -0.4 is 4.74 Å². The zero-order valence-electron chi connectivity index (χ0n) is 18.1. The van der Waals surface area contributed by atoms with Crippen molar-refractivity contribution in [3.05, 3.63) is 53.1 Å². The average molecular weight is 399 g/mol. The number of hydrogen-bond donors (Lipinski definition) is 2. The zero-order chi connectivity index (χ0) is 21.4. The van der Waals surface area contributed by atoms with Crippen LogP contribution in [0.5, 0.6) is 17.2 Å². The summed E-state index contributed by atoms with van der Waals surface area (Å²) in [6, 6.07) is 9.44. The van der Waals surface area contributed by atoms with Gasteiger partial charge < -0.3 is 14.9 Å². The number of carbonyl (C=O) groups is 1. The van der Waals surface area contributed by atoms with Gasteiger partial charge in [-0.15, -0.1) is 0 Å². The molecule has 0 bridgehead atoms. The Bertz CT molecular complexity index is 801. The van der Waals surface area contributed by atoms with E-state index in [0.717, 1.165) is 12.8 Å². The van der Waals surface area contributed by atoms with Gasteiger partial charge in [0.15, 0.2) is 5.78 Å². The Morgan fingerprint density at radius 1 is 0.897 bits per heavy atom. The maximum absolute atomic E-state index is 12.9. The molecule has 2 aromatic rings. The molecular formula is C25H34O4. The normalized spacial score (nSPS) is 11.4. The molecule has 0 aliphatic heterocycles. The van der Waals surface area contributed by atoms with Crippen molar-refractivity contribution in [3.63, 3.8) is 0 Å². The Kier molecular flexibility index (Phi) is 8.12. The van der Waals surface area contributed by atoms with Gasteiger partial charge in [-0.3, -0.25) is 4.79 Å². The van der Waals surface area contributed by atoms with Crippen LogP contribution >= 0.6 is 0 Å². The molecule has 0 spiro atoms. The number of phenolic OH excluding ortho intramolecular Hbond substituents is 2. The molecule has 4 nitrogen and oxygen atoms in total. The molecule has 0 unspecified atom stereocenters. The number of unbranched alkanes of at least 4 members (excludes halogenated alkanes) is 5. The van der Waals surface area contributed by atoms with E-state index < -0.39 is 0 Å². The van der Waals surface area contributed by atoms with Crippen molar-refractivity contribution in [1.82, 2.24) is 0 Å². The molecule has 2 rings (SSSR count). The number of hydrogen-bond acceptors (Lipinski definition) is 4. The van der Waals surface area contributed by atoms with E-state index in [2.05, 4.69) is 6.92 Å². The first kappa shape index (κ1) is 22.8. The molecule has 0 amide bonds. The Hall–Kier alpha value is -2.49. The molecule has 2 N–H and O–H groups in total. The third-order valence-corrected chi connectivity index (χ3v) is 5.02. The lowest BCUT2D eigenvalue weighted by atomic mass is 9.83. The highest BCUT2D eigenvalue weighted by Crippen LogP contribution is 2.41. The predicted molar refractivity (Wildman–Crippen MR) is 117 cm³/mol. The lowest BCUT2D eigenvalue weighted by molar-refractivity contribution is 0.103. The highest BCUT2D eigenvalue weighted by Gasteiger charge is 2.27. The van der Waals surface area contributed by atoms with Gasteiger partial charge in [-0.1, -0.05) is 59.8 Å². The van der Waals surface area contributed by atoms with Crippen LogP contribution in [0.15, 0.2) is 36.4 Å². The minimum Gasteiger partial charge on any atom is -0.508 e. The summed E-state index contributed by atoms with van der Waals surface area (Å²) in [4.78, 5) is 12.9. The summed E-state index contributed by atoms with van der Waals surface area (Å²) in [5.41, 5.74) is 0.922. The standard InChI is InChI=1S/C25H34O4/c1-5-6-7-8-9-10-17-29-21-16-15-20(24(28)22(21)25(2,3)4)23(27)18-11-13-19(26)14-12-18/h11-16,26,28H,5-10,17H2,1-4H3. The molecule has 0 aliphatic carbocycles. The number of rotatable bonds is 10. The molecule has 0 aromatic heterocycles. The van der Waals surface area contributed by atoms with Crippen LogP contribution in [0.3, 0.4) is 0 Å². The van der Waals surface area contributed by atoms with Gasteiger partial charge in [-0.25, -0.2) is 0 Å². The summed E-state index contributed by atoms with van der Waals surface area (Å²) in [6.45, 7) is 8.79. The fourth-order valence-corrected chi connectivity index (χ4v) is 3.43. The lowest BCUT2D eigenvalue weighted by Gasteiger charge is -2.25. The molecule has 0 radical (unpaired) electrons. The van der Waals surface area contributed by atoms with Gasteiger partial charge in [0.1, 0.15) is 17.2 Å². The van der Waals surface area contributed by atoms with E-state index in [1.165, 1.54) is 37.8 Å². The van der Waals surface area contributed by atoms with E-state index in [0.29, 0.717) is 23.5 Å². The summed E-state index contributed by atoms with van der Waals surface area (Å²) in [6.07, 6.45) is 7.10. The largest absolute Gasteiger partial charge is 0.508 e. The van der Waals surface area contributed by atoms with Crippen molar-refractivity contribution >= 4 is 5.78 Å². The summed E-state index contributed by atoms with van der Waals surface area (Å²) < 4.78 is 6.00. The van der Waals surface area contributed by atoms with Crippen molar-refractivity contribution < 1.29 is 19.7 Å². The van der Waals surface area contributed by atoms with Gasteiger partial charge in [0.25, 0.3) is 0 Å². The second kappa shape index (κ2) is 10.3. The van der Waals surface area contributed by atoms with Crippen molar-refractivity contribution in [2.75, 3.05) is 6.61 Å². The third kappa shape index (κ3) is 6.25. The fourth-order valence-electron chi connectivity index (χ4n) is 3.43. The summed E-state index contributed by atoms with van der Waals surface area (Å²) in [7, 11) is 0. The molecule has 0 saturated carbocycles. The smallest absolute Gasteiger partial charge is 0.196 e. The molecule has 0 heterocycles. The first-order chi connectivity index (χ1) is 13.8. The third-order valence-electron chi connectivity index (χ3n) is 5.02. The van der Waals surface area contributed by atoms with E-state index in [-0.39, 0.29) is 28.3 Å². The van der Waals surface area contributed by atoms with Gasteiger partial charge in [-0.05, 0) is 48.2 Å². The van der Waals surface area contributed by atoms with Crippen LogP contribution in [0.25, 0.3) is 0 Å². The number of aromatic hydroxyl groups is 2. The highest BCUT2D eigenvalue weighted by atomic mass is 16.5. The second-order valence-corrected chi connectivity index (χ2v) is 8.58. The van der Waals surface area contributed by atoms with Gasteiger partial charge in [-0.2, -0.15) is 0 Å². The fraction of sp³-hybridized carbons (Fsp3) is 0.480. The van der Waals surface area contributed by atoms with Crippen molar-refractivity contribution in [3.8, 4) is 17.2 Å². The first-order valence-electron chi connectivity index (χ1n) is 10.6. The Morgan fingerprint density at radius 2 is 1.52 bits per heavy atom. The Labute approximate surface area is 174 Å². The van der Waals surface area contributed by atoms with E-state index in [4.69, 9.17) is 4.74 Å². The van der Waals surface area contributed by atoms with Crippen LogP contribution in [0.4, 0.5) is 0 Å². The van der Waals surface area contributed by atoms with Gasteiger partial charge in [0.2, 0.25) is 0 Å². The van der Waals surface area contributed by atoms with E-state index in [1.54, 1.807) is 24.3 Å². The number of phenols is 2. The first-order valence-corrected chi connectivity index (χ1v) is 10.6. The number of benzene rings is 2. The molecule has 4 heteroatoms. The van der Waals surface area contributed by atoms with E-state index >= 15 is 0 Å². The van der Waals surface area contributed by atoms with Gasteiger partial charge in [0, 0.05) is 11.1 Å². The van der Waals surface area contributed by atoms with E-state index in [9.17, 15) is 15.0 Å². The maximum Gasteiger partial charge on any atom is 0.196 e. The van der Waals surface area contributed by atoms with E-state index in [1.807, 2.05) is 20.8 Å². The molecular weight excluding hydrogens is 364 g/mol. The molecule has 0 saturated heterocycles. The summed E-state index contributed by atoms with van der Waals surface area (Å²) in [5.74, 6) is 0.414. The minimum atomic E-state index is -0.383. The van der Waals surface area contributed by atoms with Gasteiger partial charge >= 0.3 is 0 Å². The topological polar surface area (TPSA) is 66.8 Å². The number of ether oxygens (including phenoxy) is 1. The zero-order valence-corrected chi connectivity index (χ0v) is 18.1. The number of carbonyl (C=O) groups excluding carboxylic acids is 1. The maximum atomic E-state index is 12.9. The van der Waals surface area contributed by atoms with Crippen LogP contribution in [-0.4, -0.2) is 22.6 Å². The summed E-state index contributed by atoms with van der Waals surface area (Å²) >= 11 is 0. The molecule has 158 valence electrons. The van der Waals surface area contributed by atoms with Crippen molar-refractivity contribution in [1.29, 1.82) is 0 Å². The summed E-state index contributed by atoms with van der Waals surface area (Å²) in [5, 5.41) is 20.4. The number of ketones is 1. The molecule has 2 aromatic carbocycles. The van der Waals surface area contributed by atoms with Crippen LogP contribution in [0.2, 0.25) is 0 Å². The second-order valence-electron chi connectivity index (χ2n) is 8.58. The van der Waals surface area contributed by atoms with Crippen LogP contribution in [-0.2, 0) is 5.41 Å². The average Bonchev–Trinajstić information content (AvgIpc) is 2.66. The van der Waals surface area contributed by atoms with Gasteiger partial charge in [0.05, 0.1) is 12.2 Å². The minimum absolute atomic E-state index is 0.0315. The lowest BCUT2D eigenvalue weighted by Crippen LogP contribution is -2.16. The SMILES string of the molecule is CCCCCCCCOc1ccc(C(=O)c2ccc(O)cc2)c(O)c1C(C)(C)C. The van der Waals surface area contributed by atoms with Crippen LogP contribution in [0, 0.1) is 0 Å². The molecule has 0 aliphatic rings. The molecule has 0 fully saturated rings.